The second kappa shape index (κ2) is 18.5. The highest BCUT2D eigenvalue weighted by atomic mass is 16.4. The Labute approximate surface area is 222 Å². The SMILES string of the molecule is C.CC(=O)Cc1nnc([C@H](CCCCN)NC(C)=O)o1.CC(=O)N[C@@H](CCCN)c1nnc(CC(N)=O)o1. The Bertz CT molecular complexity index is 1010. The van der Waals surface area contributed by atoms with Crippen molar-refractivity contribution in [1.82, 2.24) is 31.0 Å². The van der Waals surface area contributed by atoms with Crippen LogP contribution in [0.3, 0.4) is 0 Å². The second-order valence-electron chi connectivity index (χ2n) is 8.31. The maximum Gasteiger partial charge on any atom is 0.238 e. The van der Waals surface area contributed by atoms with Crippen molar-refractivity contribution in [2.45, 2.75) is 85.2 Å². The number of Topliss-reactive ketones (excluding diaryl/α,β-unsaturated/α-hetero) is 1. The maximum absolute atomic E-state index is 11.2. The van der Waals surface area contributed by atoms with E-state index < -0.39 is 5.91 Å². The van der Waals surface area contributed by atoms with Crippen molar-refractivity contribution in [3.63, 3.8) is 0 Å². The van der Waals surface area contributed by atoms with Gasteiger partial charge >= 0.3 is 0 Å². The second-order valence-corrected chi connectivity index (χ2v) is 8.31. The minimum atomic E-state index is -0.553. The van der Waals surface area contributed by atoms with Crippen LogP contribution in [0, 0.1) is 0 Å². The first-order chi connectivity index (χ1) is 17.5. The van der Waals surface area contributed by atoms with Crippen molar-refractivity contribution in [2.24, 2.45) is 17.2 Å². The van der Waals surface area contributed by atoms with Crippen molar-refractivity contribution >= 4 is 23.5 Å². The average molecular weight is 540 g/mol. The van der Waals surface area contributed by atoms with E-state index in [0.717, 1.165) is 12.8 Å². The molecular weight excluding hydrogens is 498 g/mol. The lowest BCUT2D eigenvalue weighted by Crippen LogP contribution is -2.26. The minimum absolute atomic E-state index is 0. The molecule has 0 aliphatic carbocycles. The lowest BCUT2D eigenvalue weighted by molar-refractivity contribution is -0.120. The van der Waals surface area contributed by atoms with Crippen LogP contribution in [0.15, 0.2) is 8.83 Å². The van der Waals surface area contributed by atoms with E-state index in [1.54, 1.807) is 0 Å². The number of amides is 3. The molecule has 2 aromatic rings. The largest absolute Gasteiger partial charge is 0.423 e. The predicted molar refractivity (Wildman–Crippen MR) is 137 cm³/mol. The van der Waals surface area contributed by atoms with E-state index in [1.807, 2.05) is 0 Å². The number of hydrogen-bond donors (Lipinski definition) is 5. The van der Waals surface area contributed by atoms with Gasteiger partial charge in [0.2, 0.25) is 41.3 Å². The summed E-state index contributed by atoms with van der Waals surface area (Å²) >= 11 is 0. The van der Waals surface area contributed by atoms with Gasteiger partial charge in [-0.2, -0.15) is 0 Å². The van der Waals surface area contributed by atoms with Gasteiger partial charge in [0.05, 0.1) is 6.42 Å². The lowest BCUT2D eigenvalue weighted by Gasteiger charge is -2.13. The molecule has 2 heterocycles. The molecule has 0 bridgehead atoms. The molecule has 0 unspecified atom stereocenters. The molecule has 0 spiro atoms. The molecule has 38 heavy (non-hydrogen) atoms. The van der Waals surface area contributed by atoms with E-state index in [0.29, 0.717) is 38.2 Å². The van der Waals surface area contributed by atoms with E-state index in [-0.39, 0.29) is 67.6 Å². The fourth-order valence-corrected chi connectivity index (χ4v) is 3.14. The summed E-state index contributed by atoms with van der Waals surface area (Å²) in [6.07, 6.45) is 3.70. The molecule has 0 radical (unpaired) electrons. The van der Waals surface area contributed by atoms with Gasteiger partial charge in [0, 0.05) is 13.8 Å². The summed E-state index contributed by atoms with van der Waals surface area (Å²) < 4.78 is 10.7. The number of carbonyl (C=O) groups is 4. The first-order valence-electron chi connectivity index (χ1n) is 11.9. The topological polar surface area (TPSA) is 248 Å². The molecule has 0 aromatic carbocycles. The van der Waals surface area contributed by atoms with Crippen molar-refractivity contribution in [3.8, 4) is 0 Å². The monoisotopic (exact) mass is 539 g/mol. The van der Waals surface area contributed by atoms with E-state index in [9.17, 15) is 19.2 Å². The number of nitrogens with zero attached hydrogens (tertiary/aromatic N) is 4. The fourth-order valence-electron chi connectivity index (χ4n) is 3.14. The summed E-state index contributed by atoms with van der Waals surface area (Å²) in [7, 11) is 0. The first-order valence-corrected chi connectivity index (χ1v) is 11.9. The zero-order valence-electron chi connectivity index (χ0n) is 21.5. The molecule has 2 aromatic heterocycles. The molecule has 8 N–H and O–H groups in total. The van der Waals surface area contributed by atoms with E-state index in [4.69, 9.17) is 26.0 Å². The Morgan fingerprint density at radius 2 is 1.18 bits per heavy atom. The van der Waals surface area contributed by atoms with Gasteiger partial charge in [-0.15, -0.1) is 20.4 Å². The summed E-state index contributed by atoms with van der Waals surface area (Å²) in [4.78, 5) is 43.9. The molecule has 2 atom stereocenters. The van der Waals surface area contributed by atoms with Crippen LogP contribution in [-0.4, -0.2) is 57.0 Å². The van der Waals surface area contributed by atoms with Crippen LogP contribution in [0.5, 0.6) is 0 Å². The van der Waals surface area contributed by atoms with Crippen molar-refractivity contribution in [1.29, 1.82) is 0 Å². The van der Waals surface area contributed by atoms with Crippen LogP contribution in [0.1, 0.15) is 95.9 Å². The van der Waals surface area contributed by atoms with Gasteiger partial charge in [-0.25, -0.2) is 0 Å². The zero-order valence-corrected chi connectivity index (χ0v) is 21.5. The number of aromatic nitrogens is 4. The highest BCUT2D eigenvalue weighted by Gasteiger charge is 2.21. The molecule has 15 nitrogen and oxygen atoms in total. The van der Waals surface area contributed by atoms with Gasteiger partial charge in [-0.1, -0.05) is 7.43 Å². The third kappa shape index (κ3) is 14.1. The van der Waals surface area contributed by atoms with Crippen LogP contribution in [0.25, 0.3) is 0 Å². The number of primary amides is 1. The van der Waals surface area contributed by atoms with Crippen molar-refractivity contribution in [3.05, 3.63) is 23.6 Å². The number of nitrogens with two attached hydrogens (primary N) is 3. The molecule has 0 saturated carbocycles. The van der Waals surface area contributed by atoms with Crippen molar-refractivity contribution in [2.75, 3.05) is 13.1 Å². The number of nitrogens with one attached hydrogen (secondary N) is 2. The van der Waals surface area contributed by atoms with Gasteiger partial charge in [0.1, 0.15) is 24.3 Å². The van der Waals surface area contributed by atoms with Gasteiger partial charge in [-0.3, -0.25) is 19.2 Å². The number of carbonyl (C=O) groups excluding carboxylic acids is 4. The fraction of sp³-hybridized carbons (Fsp3) is 0.652. The number of rotatable bonds is 15. The Balaban J connectivity index is 0.000000703. The van der Waals surface area contributed by atoms with Crippen LogP contribution in [-0.2, 0) is 32.0 Å². The molecule has 2 rings (SSSR count). The highest BCUT2D eigenvalue weighted by molar-refractivity contribution is 5.77. The smallest absolute Gasteiger partial charge is 0.238 e. The Morgan fingerprint density at radius 1 is 0.737 bits per heavy atom. The lowest BCUT2D eigenvalue weighted by atomic mass is 10.1. The van der Waals surface area contributed by atoms with Gasteiger partial charge < -0.3 is 36.7 Å². The quantitative estimate of drug-likeness (QED) is 0.190. The molecule has 214 valence electrons. The first kappa shape index (κ1) is 34.3. The summed E-state index contributed by atoms with van der Waals surface area (Å²) in [5, 5.41) is 20.6. The molecule has 0 aliphatic rings. The maximum atomic E-state index is 11.2. The summed E-state index contributed by atoms with van der Waals surface area (Å²) in [5.74, 6) is 0.0454. The minimum Gasteiger partial charge on any atom is -0.423 e. The van der Waals surface area contributed by atoms with Crippen LogP contribution in [0.2, 0.25) is 0 Å². The average Bonchev–Trinajstić information content (AvgIpc) is 3.45. The van der Waals surface area contributed by atoms with E-state index >= 15 is 0 Å². The number of unbranched alkanes of at least 4 members (excludes halogenated alkanes) is 1. The normalized spacial score (nSPS) is 11.8. The molecule has 0 saturated heterocycles. The van der Waals surface area contributed by atoms with Gasteiger partial charge in [0.15, 0.2) is 0 Å². The van der Waals surface area contributed by atoms with Crippen LogP contribution < -0.4 is 27.8 Å². The molecule has 3 amide bonds. The summed E-state index contributed by atoms with van der Waals surface area (Å²) in [6.45, 7) is 5.39. The Morgan fingerprint density at radius 3 is 1.58 bits per heavy atom. The van der Waals surface area contributed by atoms with Crippen LogP contribution in [0.4, 0.5) is 0 Å². The Hall–Kier alpha value is -3.72. The standard InChI is InChI=1S/C12H20N4O3.C10H17N5O3.CH4/c1-8(17)7-11-15-16-12(19-11)10(14-9(2)18)5-3-4-6-13;1-6(16)13-7(3-2-4-11)10-15-14-9(18-10)5-8(12)17;/h10H,3-7,13H2,1-2H3,(H,14,18);7H,2-5,11H2,1H3,(H2,12,17)(H,13,16);1H4/t10-;7-;/m00./s1. The number of ketones is 1. The van der Waals surface area contributed by atoms with Gasteiger partial charge in [0.25, 0.3) is 0 Å². The zero-order chi connectivity index (χ0) is 27.8. The predicted octanol–water partition coefficient (Wildman–Crippen LogP) is 0.157. The number of hydrogen-bond acceptors (Lipinski definition) is 12. The van der Waals surface area contributed by atoms with Gasteiger partial charge in [-0.05, 0) is 52.1 Å². The van der Waals surface area contributed by atoms with Crippen LogP contribution >= 0.6 is 0 Å². The van der Waals surface area contributed by atoms with E-state index in [2.05, 4.69) is 31.0 Å². The third-order valence-corrected chi connectivity index (χ3v) is 4.69. The molecular formula is C23H41N9O6. The molecule has 0 aliphatic heterocycles. The summed E-state index contributed by atoms with van der Waals surface area (Å²) in [6, 6.07) is -0.711. The Kier molecular flexibility index (Phi) is 16.7. The third-order valence-electron chi connectivity index (χ3n) is 4.69. The van der Waals surface area contributed by atoms with E-state index in [1.165, 1.54) is 20.8 Å². The highest BCUT2D eigenvalue weighted by Crippen LogP contribution is 2.19. The summed E-state index contributed by atoms with van der Waals surface area (Å²) in [5.41, 5.74) is 15.9. The molecule has 0 fully saturated rings. The molecule has 15 heteroatoms. The van der Waals surface area contributed by atoms with Crippen molar-refractivity contribution < 1.29 is 28.0 Å².